The van der Waals surface area contributed by atoms with E-state index in [-0.39, 0.29) is 0 Å². The Bertz CT molecular complexity index is 340. The van der Waals surface area contributed by atoms with Gasteiger partial charge in [-0.1, -0.05) is 11.6 Å². The van der Waals surface area contributed by atoms with Crippen LogP contribution >= 0.6 is 11.6 Å². The molecule has 16 heavy (non-hydrogen) atoms. The van der Waals surface area contributed by atoms with Crippen molar-refractivity contribution in [2.45, 2.75) is 25.6 Å². The number of aromatic nitrogens is 1. The molecule has 0 unspecified atom stereocenters. The number of hydrogen-bond acceptors (Lipinski definition) is 3. The maximum atomic E-state index is 5.99. The normalized spacial score (nSPS) is 24.1. The monoisotopic (exact) mass is 240 g/mol. The van der Waals surface area contributed by atoms with Crippen LogP contribution in [0.3, 0.4) is 0 Å². The van der Waals surface area contributed by atoms with Crippen molar-refractivity contribution < 1.29 is 4.74 Å². The first kappa shape index (κ1) is 11.8. The standard InChI is InChI=1S/C12H17ClN2O/c1-14-6-9-4-11(5-9)16-8-10-2-3-15-7-12(10)13/h2-3,7,9,11,14H,4-6,8H2,1H3. The summed E-state index contributed by atoms with van der Waals surface area (Å²) in [4.78, 5) is 3.95. The second-order valence-electron chi connectivity index (χ2n) is 4.30. The topological polar surface area (TPSA) is 34.1 Å². The third-order valence-electron chi connectivity index (χ3n) is 3.02. The molecule has 0 radical (unpaired) electrons. The molecule has 3 nitrogen and oxygen atoms in total. The third kappa shape index (κ3) is 2.94. The third-order valence-corrected chi connectivity index (χ3v) is 3.36. The number of rotatable bonds is 5. The van der Waals surface area contributed by atoms with E-state index in [1.54, 1.807) is 12.4 Å². The van der Waals surface area contributed by atoms with E-state index in [2.05, 4.69) is 10.3 Å². The molecule has 1 fully saturated rings. The Morgan fingerprint density at radius 1 is 1.56 bits per heavy atom. The molecule has 1 N–H and O–H groups in total. The summed E-state index contributed by atoms with van der Waals surface area (Å²) in [6.45, 7) is 1.69. The van der Waals surface area contributed by atoms with Gasteiger partial charge in [0.25, 0.3) is 0 Å². The van der Waals surface area contributed by atoms with E-state index in [0.29, 0.717) is 17.7 Å². The summed E-state index contributed by atoms with van der Waals surface area (Å²) < 4.78 is 5.78. The number of halogens is 1. The molecule has 0 saturated heterocycles. The fraction of sp³-hybridized carbons (Fsp3) is 0.583. The van der Waals surface area contributed by atoms with E-state index in [4.69, 9.17) is 16.3 Å². The molecule has 1 aliphatic carbocycles. The Balaban J connectivity index is 1.72. The fourth-order valence-electron chi connectivity index (χ4n) is 1.99. The SMILES string of the molecule is CNCC1CC(OCc2ccncc2Cl)C1. The zero-order chi connectivity index (χ0) is 11.4. The number of pyridine rings is 1. The van der Waals surface area contributed by atoms with Gasteiger partial charge >= 0.3 is 0 Å². The highest BCUT2D eigenvalue weighted by molar-refractivity contribution is 6.31. The lowest BCUT2D eigenvalue weighted by Crippen LogP contribution is -2.36. The summed E-state index contributed by atoms with van der Waals surface area (Å²) >= 11 is 5.99. The van der Waals surface area contributed by atoms with Crippen LogP contribution in [0.4, 0.5) is 0 Å². The molecule has 1 heterocycles. The Morgan fingerprint density at radius 2 is 2.38 bits per heavy atom. The molecule has 0 aliphatic heterocycles. The number of ether oxygens (including phenoxy) is 1. The number of nitrogens with one attached hydrogen (secondary N) is 1. The zero-order valence-electron chi connectivity index (χ0n) is 9.45. The highest BCUT2D eigenvalue weighted by Gasteiger charge is 2.29. The molecule has 1 saturated carbocycles. The van der Waals surface area contributed by atoms with Gasteiger partial charge in [-0.25, -0.2) is 0 Å². The summed E-state index contributed by atoms with van der Waals surface area (Å²) in [7, 11) is 1.99. The number of nitrogens with zero attached hydrogens (tertiary/aromatic N) is 1. The molecule has 1 aromatic heterocycles. The van der Waals surface area contributed by atoms with Crippen molar-refractivity contribution in [3.05, 3.63) is 29.0 Å². The predicted molar refractivity (Wildman–Crippen MR) is 64.5 cm³/mol. The van der Waals surface area contributed by atoms with Gasteiger partial charge in [0.05, 0.1) is 17.7 Å². The maximum Gasteiger partial charge on any atom is 0.0736 e. The van der Waals surface area contributed by atoms with Crippen molar-refractivity contribution >= 4 is 11.6 Å². The first-order chi connectivity index (χ1) is 7.79. The van der Waals surface area contributed by atoms with Gasteiger partial charge in [-0.3, -0.25) is 4.98 Å². The van der Waals surface area contributed by atoms with Gasteiger partial charge in [0.1, 0.15) is 0 Å². The number of hydrogen-bond donors (Lipinski definition) is 1. The highest BCUT2D eigenvalue weighted by atomic mass is 35.5. The molecular formula is C12H17ClN2O. The van der Waals surface area contributed by atoms with Gasteiger partial charge in [-0.05, 0) is 44.0 Å². The Hall–Kier alpha value is -0.640. The average molecular weight is 241 g/mol. The smallest absolute Gasteiger partial charge is 0.0736 e. The Morgan fingerprint density at radius 3 is 3.06 bits per heavy atom. The molecule has 0 bridgehead atoms. The minimum Gasteiger partial charge on any atom is -0.373 e. The summed E-state index contributed by atoms with van der Waals surface area (Å²) in [6, 6.07) is 1.91. The maximum absolute atomic E-state index is 5.99. The zero-order valence-corrected chi connectivity index (χ0v) is 10.2. The lowest BCUT2D eigenvalue weighted by atomic mass is 9.82. The molecule has 1 aliphatic rings. The lowest BCUT2D eigenvalue weighted by Gasteiger charge is -2.35. The van der Waals surface area contributed by atoms with Crippen molar-refractivity contribution in [1.29, 1.82) is 0 Å². The van der Waals surface area contributed by atoms with Crippen LogP contribution < -0.4 is 5.32 Å². The average Bonchev–Trinajstić information content (AvgIpc) is 2.23. The van der Waals surface area contributed by atoms with E-state index in [1.165, 1.54) is 0 Å². The summed E-state index contributed by atoms with van der Waals surface area (Å²) in [5.74, 6) is 0.780. The molecule has 0 aromatic carbocycles. The molecule has 1 aromatic rings. The van der Waals surface area contributed by atoms with Crippen molar-refractivity contribution in [2.75, 3.05) is 13.6 Å². The lowest BCUT2D eigenvalue weighted by molar-refractivity contribution is -0.0391. The second-order valence-corrected chi connectivity index (χ2v) is 4.70. The van der Waals surface area contributed by atoms with Crippen LogP contribution in [0.5, 0.6) is 0 Å². The van der Waals surface area contributed by atoms with Gasteiger partial charge < -0.3 is 10.1 Å². The van der Waals surface area contributed by atoms with Gasteiger partial charge in [0, 0.05) is 12.4 Å². The van der Waals surface area contributed by atoms with Crippen LogP contribution in [-0.2, 0) is 11.3 Å². The van der Waals surface area contributed by atoms with Gasteiger partial charge in [-0.2, -0.15) is 0 Å². The van der Waals surface area contributed by atoms with Crippen LogP contribution in [0.2, 0.25) is 5.02 Å². The molecule has 0 spiro atoms. The van der Waals surface area contributed by atoms with Crippen LogP contribution in [0.1, 0.15) is 18.4 Å². The molecular weight excluding hydrogens is 224 g/mol. The summed E-state index contributed by atoms with van der Waals surface area (Å²) in [5.41, 5.74) is 1.02. The Labute approximate surface area is 101 Å². The van der Waals surface area contributed by atoms with Crippen LogP contribution in [-0.4, -0.2) is 24.7 Å². The summed E-state index contributed by atoms with van der Waals surface area (Å²) in [6.07, 6.45) is 6.12. The van der Waals surface area contributed by atoms with Crippen molar-refractivity contribution in [3.63, 3.8) is 0 Å². The van der Waals surface area contributed by atoms with Crippen LogP contribution in [0.25, 0.3) is 0 Å². The van der Waals surface area contributed by atoms with Gasteiger partial charge in [-0.15, -0.1) is 0 Å². The van der Waals surface area contributed by atoms with E-state index >= 15 is 0 Å². The van der Waals surface area contributed by atoms with Crippen molar-refractivity contribution in [3.8, 4) is 0 Å². The fourth-order valence-corrected chi connectivity index (χ4v) is 2.17. The minimum atomic E-state index is 0.405. The molecule has 88 valence electrons. The molecule has 0 amide bonds. The Kier molecular flexibility index (Phi) is 4.16. The van der Waals surface area contributed by atoms with Gasteiger partial charge in [0.15, 0.2) is 0 Å². The van der Waals surface area contributed by atoms with E-state index in [9.17, 15) is 0 Å². The summed E-state index contributed by atoms with van der Waals surface area (Å²) in [5, 5.41) is 3.88. The molecule has 0 atom stereocenters. The first-order valence-electron chi connectivity index (χ1n) is 5.64. The quantitative estimate of drug-likeness (QED) is 0.857. The van der Waals surface area contributed by atoms with Crippen LogP contribution in [0, 0.1) is 5.92 Å². The van der Waals surface area contributed by atoms with E-state index < -0.39 is 0 Å². The largest absolute Gasteiger partial charge is 0.373 e. The van der Waals surface area contributed by atoms with E-state index in [0.717, 1.165) is 30.9 Å². The van der Waals surface area contributed by atoms with Gasteiger partial charge in [0.2, 0.25) is 0 Å². The van der Waals surface area contributed by atoms with E-state index in [1.807, 2.05) is 13.1 Å². The molecule has 4 heteroatoms. The minimum absolute atomic E-state index is 0.405. The second kappa shape index (κ2) is 5.62. The predicted octanol–water partition coefficient (Wildman–Crippen LogP) is 2.25. The van der Waals surface area contributed by atoms with Crippen molar-refractivity contribution in [1.82, 2.24) is 10.3 Å². The first-order valence-corrected chi connectivity index (χ1v) is 6.02. The van der Waals surface area contributed by atoms with Crippen LogP contribution in [0.15, 0.2) is 18.5 Å². The molecule has 2 rings (SSSR count). The highest BCUT2D eigenvalue weighted by Crippen LogP contribution is 2.30. The van der Waals surface area contributed by atoms with Crippen molar-refractivity contribution in [2.24, 2.45) is 5.92 Å².